The first-order valence-corrected chi connectivity index (χ1v) is 11.2. The van der Waals surface area contributed by atoms with E-state index in [0.29, 0.717) is 11.4 Å². The Labute approximate surface area is 186 Å². The van der Waals surface area contributed by atoms with Crippen LogP contribution in [0.15, 0.2) is 83.8 Å². The Kier molecular flexibility index (Phi) is 7.24. The number of sulfonamides is 1. The minimum absolute atomic E-state index is 0.0814. The number of hydrogen-bond donors (Lipinski definition) is 2. The molecule has 166 valence electrons. The lowest BCUT2D eigenvalue weighted by molar-refractivity contribution is -0.123. The first-order chi connectivity index (χ1) is 15.2. The van der Waals surface area contributed by atoms with E-state index in [1.54, 1.807) is 24.3 Å². The highest BCUT2D eigenvalue weighted by Gasteiger charge is 2.21. The quantitative estimate of drug-likeness (QED) is 0.504. The van der Waals surface area contributed by atoms with E-state index in [1.165, 1.54) is 31.2 Å². The second-order valence-corrected chi connectivity index (χ2v) is 8.44. The normalized spacial score (nSPS) is 11.9. The summed E-state index contributed by atoms with van der Waals surface area (Å²) in [7, 11) is -3.83. The molecular formula is C23H22N2O6S. The van der Waals surface area contributed by atoms with Gasteiger partial charge in [0.1, 0.15) is 17.9 Å². The van der Waals surface area contributed by atoms with Gasteiger partial charge >= 0.3 is 5.97 Å². The van der Waals surface area contributed by atoms with Gasteiger partial charge < -0.3 is 14.8 Å². The highest BCUT2D eigenvalue weighted by Crippen LogP contribution is 2.21. The first-order valence-electron chi connectivity index (χ1n) is 9.64. The van der Waals surface area contributed by atoms with Gasteiger partial charge in [0.25, 0.3) is 5.91 Å². The summed E-state index contributed by atoms with van der Waals surface area (Å²) in [6.07, 6.45) is -1.11. The number of benzene rings is 3. The van der Waals surface area contributed by atoms with Crippen LogP contribution in [0, 0.1) is 0 Å². The molecule has 3 aromatic rings. The van der Waals surface area contributed by atoms with Crippen molar-refractivity contribution in [3.05, 3.63) is 90.0 Å². The summed E-state index contributed by atoms with van der Waals surface area (Å²) >= 11 is 0. The lowest BCUT2D eigenvalue weighted by Gasteiger charge is -2.15. The summed E-state index contributed by atoms with van der Waals surface area (Å²) in [5, 5.41) is 7.61. The van der Waals surface area contributed by atoms with Crippen LogP contribution in [0.3, 0.4) is 0 Å². The topological polar surface area (TPSA) is 125 Å². The van der Waals surface area contributed by atoms with Crippen molar-refractivity contribution >= 4 is 27.6 Å². The molecule has 0 aliphatic heterocycles. The second-order valence-electron chi connectivity index (χ2n) is 6.88. The van der Waals surface area contributed by atoms with E-state index in [4.69, 9.17) is 14.6 Å². The van der Waals surface area contributed by atoms with Crippen LogP contribution in [0.5, 0.6) is 5.75 Å². The highest BCUT2D eigenvalue weighted by atomic mass is 32.2. The molecular weight excluding hydrogens is 432 g/mol. The Balaban J connectivity index is 1.62. The molecule has 9 heteroatoms. The van der Waals surface area contributed by atoms with E-state index in [0.717, 1.165) is 5.56 Å². The van der Waals surface area contributed by atoms with Gasteiger partial charge in [-0.25, -0.2) is 18.4 Å². The van der Waals surface area contributed by atoms with Gasteiger partial charge in [-0.1, -0.05) is 42.5 Å². The monoisotopic (exact) mass is 454 g/mol. The van der Waals surface area contributed by atoms with E-state index in [-0.39, 0.29) is 17.1 Å². The molecule has 0 spiro atoms. The van der Waals surface area contributed by atoms with Gasteiger partial charge in [0.15, 0.2) is 6.10 Å². The minimum Gasteiger partial charge on any atom is -0.488 e. The van der Waals surface area contributed by atoms with E-state index in [1.807, 2.05) is 30.3 Å². The molecule has 0 saturated heterocycles. The molecule has 3 aromatic carbocycles. The molecule has 0 heterocycles. The van der Waals surface area contributed by atoms with Crippen molar-refractivity contribution in [2.75, 3.05) is 5.32 Å². The van der Waals surface area contributed by atoms with E-state index >= 15 is 0 Å². The molecule has 1 amide bonds. The molecule has 1 atom stereocenters. The number of ether oxygens (including phenoxy) is 2. The predicted octanol–water partition coefficient (Wildman–Crippen LogP) is 3.10. The summed E-state index contributed by atoms with van der Waals surface area (Å²) in [6, 6.07) is 21.4. The summed E-state index contributed by atoms with van der Waals surface area (Å²) in [6.45, 7) is 1.70. The van der Waals surface area contributed by atoms with Gasteiger partial charge in [0.05, 0.1) is 4.90 Å². The Morgan fingerprint density at radius 2 is 1.56 bits per heavy atom. The molecule has 32 heavy (non-hydrogen) atoms. The van der Waals surface area contributed by atoms with Crippen molar-refractivity contribution in [2.45, 2.75) is 24.5 Å². The third-order valence-electron chi connectivity index (χ3n) is 4.45. The van der Waals surface area contributed by atoms with Crippen LogP contribution in [0.25, 0.3) is 0 Å². The van der Waals surface area contributed by atoms with Crippen LogP contribution >= 0.6 is 0 Å². The second kappa shape index (κ2) is 10.1. The van der Waals surface area contributed by atoms with Gasteiger partial charge in [-0.05, 0) is 48.9 Å². The molecule has 0 saturated carbocycles. The average molecular weight is 455 g/mol. The Morgan fingerprint density at radius 1 is 0.938 bits per heavy atom. The van der Waals surface area contributed by atoms with E-state index < -0.39 is 28.0 Å². The molecule has 0 aliphatic rings. The Hall–Kier alpha value is -3.69. The number of esters is 1. The Morgan fingerprint density at radius 3 is 2.22 bits per heavy atom. The lowest BCUT2D eigenvalue weighted by Crippen LogP contribution is -2.30. The fraction of sp³-hybridized carbons (Fsp3) is 0.130. The molecule has 0 aliphatic carbocycles. The largest absolute Gasteiger partial charge is 0.488 e. The molecule has 0 aromatic heterocycles. The van der Waals surface area contributed by atoms with Crippen molar-refractivity contribution in [3.63, 3.8) is 0 Å². The van der Waals surface area contributed by atoms with Gasteiger partial charge in [-0.15, -0.1) is 0 Å². The van der Waals surface area contributed by atoms with E-state index in [2.05, 4.69) is 5.32 Å². The zero-order valence-corrected chi connectivity index (χ0v) is 18.0. The maximum atomic E-state index is 12.6. The molecule has 3 N–H and O–H groups in total. The maximum absolute atomic E-state index is 12.6. The zero-order chi connectivity index (χ0) is 23.1. The smallest absolute Gasteiger partial charge is 0.342 e. The molecule has 3 rings (SSSR count). The van der Waals surface area contributed by atoms with Crippen LogP contribution in [0.4, 0.5) is 5.69 Å². The predicted molar refractivity (Wildman–Crippen MR) is 119 cm³/mol. The molecule has 0 bridgehead atoms. The average Bonchev–Trinajstić information content (AvgIpc) is 2.78. The van der Waals surface area contributed by atoms with Crippen molar-refractivity contribution in [1.29, 1.82) is 0 Å². The molecule has 0 radical (unpaired) electrons. The van der Waals surface area contributed by atoms with Gasteiger partial charge in [-0.2, -0.15) is 0 Å². The standard InChI is InChI=1S/C23H22N2O6S/c1-16(22(26)25-18-11-13-19(14-12-18)32(24,28)29)31-23(27)20-9-5-6-10-21(20)30-15-17-7-3-2-4-8-17/h2-14,16H,15H2,1H3,(H,25,26)(H2,24,28,29)/t16-/m0/s1. The minimum atomic E-state index is -3.83. The summed E-state index contributed by atoms with van der Waals surface area (Å²) in [5.41, 5.74) is 1.47. The third kappa shape index (κ3) is 6.16. The number of nitrogens with one attached hydrogen (secondary N) is 1. The number of hydrogen-bond acceptors (Lipinski definition) is 6. The van der Waals surface area contributed by atoms with Crippen LogP contribution in [0.1, 0.15) is 22.8 Å². The number of carbonyl (C=O) groups excluding carboxylic acids is 2. The molecule has 0 fully saturated rings. The summed E-state index contributed by atoms with van der Waals surface area (Å²) in [5.74, 6) is -0.946. The van der Waals surface area contributed by atoms with Crippen LogP contribution < -0.4 is 15.2 Å². The van der Waals surface area contributed by atoms with Crippen molar-refractivity contribution < 1.29 is 27.5 Å². The SMILES string of the molecule is C[C@H](OC(=O)c1ccccc1OCc1ccccc1)C(=O)Nc1ccc(S(N)(=O)=O)cc1. The van der Waals surface area contributed by atoms with E-state index in [9.17, 15) is 18.0 Å². The summed E-state index contributed by atoms with van der Waals surface area (Å²) in [4.78, 5) is 24.9. The van der Waals surface area contributed by atoms with Gasteiger partial charge in [0.2, 0.25) is 10.0 Å². The zero-order valence-electron chi connectivity index (χ0n) is 17.2. The molecule has 8 nitrogen and oxygen atoms in total. The lowest BCUT2D eigenvalue weighted by atomic mass is 10.2. The maximum Gasteiger partial charge on any atom is 0.342 e. The number of para-hydroxylation sites is 1. The first kappa shape index (κ1) is 23.0. The van der Waals surface area contributed by atoms with Crippen LogP contribution in [-0.2, 0) is 26.2 Å². The Bertz CT molecular complexity index is 1190. The van der Waals surface area contributed by atoms with Crippen molar-refractivity contribution in [1.82, 2.24) is 0 Å². The molecule has 0 unspecified atom stereocenters. The fourth-order valence-electron chi connectivity index (χ4n) is 2.75. The van der Waals surface area contributed by atoms with Crippen LogP contribution in [0.2, 0.25) is 0 Å². The van der Waals surface area contributed by atoms with Gasteiger partial charge in [-0.3, -0.25) is 4.79 Å². The third-order valence-corrected chi connectivity index (χ3v) is 5.38. The summed E-state index contributed by atoms with van der Waals surface area (Å²) < 4.78 is 33.7. The number of rotatable bonds is 8. The number of amides is 1. The van der Waals surface area contributed by atoms with Crippen molar-refractivity contribution in [3.8, 4) is 5.75 Å². The number of nitrogens with two attached hydrogens (primary N) is 1. The highest BCUT2D eigenvalue weighted by molar-refractivity contribution is 7.89. The number of primary sulfonamides is 1. The number of anilines is 1. The number of carbonyl (C=O) groups is 2. The van der Waals surface area contributed by atoms with Gasteiger partial charge in [0, 0.05) is 5.69 Å². The van der Waals surface area contributed by atoms with Crippen molar-refractivity contribution in [2.24, 2.45) is 5.14 Å². The van der Waals surface area contributed by atoms with Crippen LogP contribution in [-0.4, -0.2) is 26.4 Å². The fourth-order valence-corrected chi connectivity index (χ4v) is 3.26.